The molecule has 0 fully saturated rings. The van der Waals surface area contributed by atoms with Crippen LogP contribution in [0.15, 0.2) is 48.5 Å². The lowest BCUT2D eigenvalue weighted by atomic mass is 10.3. The van der Waals surface area contributed by atoms with E-state index >= 15 is 0 Å². The number of esters is 1. The summed E-state index contributed by atoms with van der Waals surface area (Å²) in [4.78, 5) is 30.4. The van der Waals surface area contributed by atoms with Crippen molar-refractivity contribution < 1.29 is 14.3 Å². The van der Waals surface area contributed by atoms with Crippen LogP contribution in [0.25, 0.3) is 5.82 Å². The topological polar surface area (TPSA) is 77.3 Å². The fourth-order valence-electron chi connectivity index (χ4n) is 2.64. The number of anilines is 1. The van der Waals surface area contributed by atoms with Crippen LogP contribution in [0, 0.1) is 13.8 Å². The molecule has 0 unspecified atom stereocenters. The van der Waals surface area contributed by atoms with Gasteiger partial charge in [-0.2, -0.15) is 5.10 Å². The Morgan fingerprint density at radius 1 is 1.14 bits per heavy atom. The third kappa shape index (κ3) is 4.20. The van der Waals surface area contributed by atoms with Gasteiger partial charge < -0.3 is 9.64 Å². The van der Waals surface area contributed by atoms with E-state index in [1.807, 2.05) is 38.1 Å². The lowest BCUT2D eigenvalue weighted by molar-refractivity contribution is -0.121. The summed E-state index contributed by atoms with van der Waals surface area (Å²) >= 11 is 6.11. The molecular formula is C20H19ClN4O3. The Labute approximate surface area is 167 Å². The minimum absolute atomic E-state index is 0.0677. The molecule has 2 heterocycles. The highest BCUT2D eigenvalue weighted by molar-refractivity contribution is 6.33. The third-order valence-corrected chi connectivity index (χ3v) is 4.40. The van der Waals surface area contributed by atoms with Crippen LogP contribution in [0.5, 0.6) is 0 Å². The maximum atomic E-state index is 12.4. The molecule has 0 radical (unpaired) electrons. The Morgan fingerprint density at radius 2 is 1.86 bits per heavy atom. The van der Waals surface area contributed by atoms with E-state index in [-0.39, 0.29) is 16.6 Å². The molecule has 28 heavy (non-hydrogen) atoms. The molecule has 0 N–H and O–H groups in total. The first-order chi connectivity index (χ1) is 13.4. The molecule has 0 aliphatic rings. The molecule has 8 heteroatoms. The maximum Gasteiger partial charge on any atom is 0.359 e. The van der Waals surface area contributed by atoms with Gasteiger partial charge in [0.05, 0.1) is 10.7 Å². The van der Waals surface area contributed by atoms with Crippen molar-refractivity contribution in [3.63, 3.8) is 0 Å². The van der Waals surface area contributed by atoms with E-state index in [1.165, 1.54) is 4.90 Å². The fourth-order valence-corrected chi connectivity index (χ4v) is 2.82. The second-order valence-corrected chi connectivity index (χ2v) is 6.61. The number of likely N-dealkylation sites (N-methyl/N-ethyl adjacent to an activating group) is 1. The number of carbonyl (C=O) groups excluding carboxylic acids is 2. The highest BCUT2D eigenvalue weighted by atomic mass is 35.5. The van der Waals surface area contributed by atoms with Crippen molar-refractivity contribution in [3.8, 4) is 5.82 Å². The van der Waals surface area contributed by atoms with Gasteiger partial charge in [-0.15, -0.1) is 0 Å². The summed E-state index contributed by atoms with van der Waals surface area (Å²) in [5.74, 6) is -0.705. The Morgan fingerprint density at radius 3 is 2.50 bits per heavy atom. The number of aromatic nitrogens is 3. The number of pyridine rings is 1. The van der Waals surface area contributed by atoms with E-state index < -0.39 is 12.6 Å². The van der Waals surface area contributed by atoms with Crippen molar-refractivity contribution in [2.75, 3.05) is 18.6 Å². The minimum Gasteiger partial charge on any atom is -0.451 e. The van der Waals surface area contributed by atoms with Gasteiger partial charge in [-0.1, -0.05) is 29.8 Å². The van der Waals surface area contributed by atoms with Crippen LogP contribution < -0.4 is 4.90 Å². The number of aryl methyl sites for hydroxylation is 2. The van der Waals surface area contributed by atoms with Crippen LogP contribution in [0.2, 0.25) is 5.02 Å². The molecule has 144 valence electrons. The van der Waals surface area contributed by atoms with Gasteiger partial charge in [-0.25, -0.2) is 14.5 Å². The number of carbonyl (C=O) groups is 2. The van der Waals surface area contributed by atoms with Crippen LogP contribution in [0.1, 0.15) is 21.9 Å². The van der Waals surface area contributed by atoms with E-state index in [0.717, 1.165) is 11.4 Å². The lowest BCUT2D eigenvalue weighted by Crippen LogP contribution is -2.31. The van der Waals surface area contributed by atoms with E-state index in [1.54, 1.807) is 36.0 Å². The summed E-state index contributed by atoms with van der Waals surface area (Å²) in [7, 11) is 1.61. The summed E-state index contributed by atoms with van der Waals surface area (Å²) in [6.07, 6.45) is 0. The summed E-state index contributed by atoms with van der Waals surface area (Å²) < 4.78 is 6.74. The molecule has 0 aliphatic heterocycles. The molecule has 7 nitrogen and oxygen atoms in total. The van der Waals surface area contributed by atoms with Crippen LogP contribution >= 0.6 is 11.6 Å². The maximum absolute atomic E-state index is 12.4. The van der Waals surface area contributed by atoms with Crippen molar-refractivity contribution in [1.29, 1.82) is 0 Å². The van der Waals surface area contributed by atoms with Crippen LogP contribution in [0.4, 0.5) is 5.69 Å². The lowest BCUT2D eigenvalue weighted by Gasteiger charge is -2.17. The first-order valence-electron chi connectivity index (χ1n) is 8.55. The normalized spacial score (nSPS) is 10.6. The van der Waals surface area contributed by atoms with Gasteiger partial charge >= 0.3 is 5.97 Å². The number of nitrogens with zero attached hydrogens (tertiary/aromatic N) is 4. The summed E-state index contributed by atoms with van der Waals surface area (Å²) in [6.45, 7) is 3.32. The number of halogens is 1. The van der Waals surface area contributed by atoms with Gasteiger partial charge in [0.25, 0.3) is 5.91 Å². The average Bonchev–Trinajstić information content (AvgIpc) is 3.04. The zero-order valence-electron chi connectivity index (χ0n) is 15.7. The van der Waals surface area contributed by atoms with Crippen LogP contribution in [-0.2, 0) is 9.53 Å². The van der Waals surface area contributed by atoms with Crippen LogP contribution in [-0.4, -0.2) is 40.3 Å². The number of amides is 1. The molecule has 0 saturated carbocycles. The van der Waals surface area contributed by atoms with Crippen molar-refractivity contribution in [2.45, 2.75) is 13.8 Å². The molecule has 2 aromatic heterocycles. The van der Waals surface area contributed by atoms with Gasteiger partial charge in [0.2, 0.25) is 0 Å². The average molecular weight is 399 g/mol. The Bertz CT molecular complexity index is 1020. The molecule has 1 aromatic carbocycles. The largest absolute Gasteiger partial charge is 0.451 e. The summed E-state index contributed by atoms with van der Waals surface area (Å²) in [6, 6.07) is 14.2. The Balaban J connectivity index is 1.73. The zero-order chi connectivity index (χ0) is 20.3. The van der Waals surface area contributed by atoms with E-state index in [4.69, 9.17) is 16.3 Å². The smallest absolute Gasteiger partial charge is 0.359 e. The second kappa shape index (κ2) is 8.22. The predicted octanol–water partition coefficient (Wildman–Crippen LogP) is 3.36. The number of hydrogen-bond acceptors (Lipinski definition) is 5. The Hall–Kier alpha value is -3.19. The van der Waals surface area contributed by atoms with Crippen LogP contribution in [0.3, 0.4) is 0 Å². The number of rotatable bonds is 5. The molecular weight excluding hydrogens is 380 g/mol. The molecule has 0 aliphatic carbocycles. The SMILES string of the molecule is Cc1cc(C)n(-c2ccc(Cl)c(C(=O)OCC(=O)N(C)c3ccccc3)n2)n1. The molecule has 3 aromatic rings. The van der Waals surface area contributed by atoms with Gasteiger partial charge in [0, 0.05) is 18.4 Å². The monoisotopic (exact) mass is 398 g/mol. The van der Waals surface area contributed by atoms with Crippen molar-refractivity contribution >= 4 is 29.2 Å². The zero-order valence-corrected chi connectivity index (χ0v) is 16.5. The molecule has 0 bridgehead atoms. The highest BCUT2D eigenvalue weighted by Crippen LogP contribution is 2.19. The minimum atomic E-state index is -0.775. The van der Waals surface area contributed by atoms with Crippen molar-refractivity contribution in [1.82, 2.24) is 14.8 Å². The summed E-state index contributed by atoms with van der Waals surface area (Å²) in [5.41, 5.74) is 2.33. The second-order valence-electron chi connectivity index (χ2n) is 6.20. The number of para-hydroxylation sites is 1. The number of benzene rings is 1. The van der Waals surface area contributed by atoms with E-state index in [0.29, 0.717) is 11.5 Å². The van der Waals surface area contributed by atoms with E-state index in [2.05, 4.69) is 10.1 Å². The molecule has 0 saturated heterocycles. The van der Waals surface area contributed by atoms with Gasteiger partial charge in [0.1, 0.15) is 0 Å². The van der Waals surface area contributed by atoms with Crippen molar-refractivity contribution in [3.05, 3.63) is 70.6 Å². The fraction of sp³-hybridized carbons (Fsp3) is 0.200. The standard InChI is InChI=1S/C20H19ClN4O3/c1-13-11-14(2)25(23-13)17-10-9-16(21)19(22-17)20(27)28-12-18(26)24(3)15-7-5-4-6-8-15/h4-11H,12H2,1-3H3. The van der Waals surface area contributed by atoms with Crippen molar-refractivity contribution in [2.24, 2.45) is 0 Å². The molecule has 1 amide bonds. The van der Waals surface area contributed by atoms with Gasteiger partial charge in [-0.3, -0.25) is 4.79 Å². The first-order valence-corrected chi connectivity index (χ1v) is 8.93. The molecule has 3 rings (SSSR count). The first kappa shape index (κ1) is 19.6. The van der Waals surface area contributed by atoms with Gasteiger partial charge in [0.15, 0.2) is 18.1 Å². The quantitative estimate of drug-likeness (QED) is 0.616. The third-order valence-electron chi connectivity index (χ3n) is 4.10. The Kier molecular flexibility index (Phi) is 5.75. The van der Waals surface area contributed by atoms with Gasteiger partial charge in [-0.05, 0) is 44.2 Å². The predicted molar refractivity (Wildman–Crippen MR) is 106 cm³/mol. The number of hydrogen-bond donors (Lipinski definition) is 0. The van der Waals surface area contributed by atoms with E-state index in [9.17, 15) is 9.59 Å². The molecule has 0 spiro atoms. The molecule has 0 atom stereocenters. The summed E-state index contributed by atoms with van der Waals surface area (Å²) in [5, 5.41) is 4.48. The number of ether oxygens (including phenoxy) is 1. The highest BCUT2D eigenvalue weighted by Gasteiger charge is 2.19.